The third-order valence-electron chi connectivity index (χ3n) is 2.02. The summed E-state index contributed by atoms with van der Waals surface area (Å²) in [6.45, 7) is 0. The molecule has 0 bridgehead atoms. The van der Waals surface area contributed by atoms with Crippen molar-refractivity contribution in [2.45, 2.75) is 0 Å². The molecule has 0 spiro atoms. The summed E-state index contributed by atoms with van der Waals surface area (Å²) in [5.74, 6) is 0. The largest absolute Gasteiger partial charge is 0.270 e. The van der Waals surface area contributed by atoms with Gasteiger partial charge in [0.15, 0.2) is 0 Å². The topological polar surface area (TPSA) is 43.1 Å². The molecule has 0 atom stereocenters. The molecule has 2 rings (SSSR count). The lowest BCUT2D eigenvalue weighted by Gasteiger charge is -1.99. The molecular weight excluding hydrogens is 246 g/mol. The van der Waals surface area contributed by atoms with Crippen LogP contribution in [0.2, 0.25) is 0 Å². The molecule has 0 aromatic heterocycles. The molecule has 4 heteroatoms. The normalized spacial score (nSPS) is 10.4. The molecule has 0 unspecified atom stereocenters. The number of hydrogen-bond donors (Lipinski definition) is 0. The van der Waals surface area contributed by atoms with Gasteiger partial charge in [-0.25, -0.2) is 0 Å². The summed E-state index contributed by atoms with van der Waals surface area (Å²) in [7, 11) is 0. The number of fused-ring (bicyclic) bond motifs is 1. The van der Waals surface area contributed by atoms with E-state index in [1.807, 2.05) is 18.2 Å². The second-order valence-electron chi connectivity index (χ2n) is 2.90. The molecule has 0 aliphatic heterocycles. The Kier molecular flexibility index (Phi) is 2.21. The van der Waals surface area contributed by atoms with Gasteiger partial charge in [0.1, 0.15) is 0 Å². The Hall–Kier alpha value is -1.42. The molecular formula is C10H6BrNO2. The van der Waals surface area contributed by atoms with E-state index in [1.165, 1.54) is 6.07 Å². The molecule has 14 heavy (non-hydrogen) atoms. The van der Waals surface area contributed by atoms with E-state index in [0.29, 0.717) is 0 Å². The molecule has 2 aromatic carbocycles. The van der Waals surface area contributed by atoms with Crippen molar-refractivity contribution >= 4 is 32.4 Å². The van der Waals surface area contributed by atoms with E-state index in [9.17, 15) is 10.1 Å². The van der Waals surface area contributed by atoms with Gasteiger partial charge in [0, 0.05) is 16.6 Å². The molecule has 0 amide bonds. The van der Waals surface area contributed by atoms with Gasteiger partial charge in [0.2, 0.25) is 0 Å². The van der Waals surface area contributed by atoms with Crippen molar-refractivity contribution in [3.05, 3.63) is 51.0 Å². The first kappa shape index (κ1) is 9.15. The molecule has 0 saturated heterocycles. The van der Waals surface area contributed by atoms with Gasteiger partial charge < -0.3 is 0 Å². The number of non-ortho nitro benzene ring substituents is 1. The lowest BCUT2D eigenvalue weighted by atomic mass is 10.1. The van der Waals surface area contributed by atoms with E-state index >= 15 is 0 Å². The quantitative estimate of drug-likeness (QED) is 0.575. The third kappa shape index (κ3) is 1.48. The van der Waals surface area contributed by atoms with Crippen LogP contribution < -0.4 is 0 Å². The summed E-state index contributed by atoms with van der Waals surface area (Å²) in [5.41, 5.74) is 0.121. The summed E-state index contributed by atoms with van der Waals surface area (Å²) in [5, 5.41) is 12.4. The standard InChI is InChI=1S/C10H6BrNO2/c11-10-3-1-2-7-6-8(12(13)14)4-5-9(7)10/h1-6H. The maximum Gasteiger partial charge on any atom is 0.270 e. The first-order chi connectivity index (χ1) is 6.68. The number of halogens is 1. The first-order valence-electron chi connectivity index (χ1n) is 4.01. The molecule has 70 valence electrons. The maximum atomic E-state index is 10.5. The molecule has 0 heterocycles. The van der Waals surface area contributed by atoms with E-state index < -0.39 is 0 Å². The average Bonchev–Trinajstić information content (AvgIpc) is 2.17. The molecule has 0 aliphatic rings. The van der Waals surface area contributed by atoms with Gasteiger partial charge in [0.25, 0.3) is 5.69 Å². The summed E-state index contributed by atoms with van der Waals surface area (Å²) in [6, 6.07) is 10.4. The van der Waals surface area contributed by atoms with Crippen LogP contribution in [0.5, 0.6) is 0 Å². The number of hydrogen-bond acceptors (Lipinski definition) is 2. The average molecular weight is 252 g/mol. The maximum absolute atomic E-state index is 10.5. The minimum absolute atomic E-state index is 0.121. The molecule has 0 aliphatic carbocycles. The second-order valence-corrected chi connectivity index (χ2v) is 3.76. The second kappa shape index (κ2) is 3.38. The van der Waals surface area contributed by atoms with Crippen molar-refractivity contribution in [2.24, 2.45) is 0 Å². The highest BCUT2D eigenvalue weighted by Gasteiger charge is 2.06. The lowest BCUT2D eigenvalue weighted by molar-refractivity contribution is -0.384. The third-order valence-corrected chi connectivity index (χ3v) is 2.71. The van der Waals surface area contributed by atoms with Crippen LogP contribution in [0.1, 0.15) is 0 Å². The first-order valence-corrected chi connectivity index (χ1v) is 4.80. The minimum atomic E-state index is -0.389. The number of nitrogens with zero attached hydrogens (tertiary/aromatic N) is 1. The van der Waals surface area contributed by atoms with Crippen LogP contribution >= 0.6 is 15.9 Å². The Balaban J connectivity index is 2.73. The highest BCUT2D eigenvalue weighted by Crippen LogP contribution is 2.26. The van der Waals surface area contributed by atoms with Crippen LogP contribution in [0.15, 0.2) is 40.9 Å². The van der Waals surface area contributed by atoms with Gasteiger partial charge in [-0.3, -0.25) is 10.1 Å². The molecule has 3 nitrogen and oxygen atoms in total. The molecule has 0 saturated carbocycles. The predicted molar refractivity (Wildman–Crippen MR) is 58.3 cm³/mol. The zero-order chi connectivity index (χ0) is 10.1. The number of rotatable bonds is 1. The van der Waals surface area contributed by atoms with Crippen molar-refractivity contribution in [1.29, 1.82) is 0 Å². The van der Waals surface area contributed by atoms with Crippen molar-refractivity contribution < 1.29 is 4.92 Å². The highest BCUT2D eigenvalue weighted by molar-refractivity contribution is 9.10. The van der Waals surface area contributed by atoms with Gasteiger partial charge in [-0.15, -0.1) is 0 Å². The fraction of sp³-hybridized carbons (Fsp3) is 0. The Morgan fingerprint density at radius 3 is 2.71 bits per heavy atom. The molecule has 0 radical (unpaired) electrons. The zero-order valence-electron chi connectivity index (χ0n) is 7.11. The Bertz CT molecular complexity index is 510. The highest BCUT2D eigenvalue weighted by atomic mass is 79.9. The fourth-order valence-electron chi connectivity index (χ4n) is 1.35. The van der Waals surface area contributed by atoms with Crippen molar-refractivity contribution in [1.82, 2.24) is 0 Å². The van der Waals surface area contributed by atoms with Gasteiger partial charge in [-0.1, -0.05) is 28.1 Å². The molecule has 0 fully saturated rings. The summed E-state index contributed by atoms with van der Waals surface area (Å²) < 4.78 is 0.949. The number of nitro groups is 1. The SMILES string of the molecule is O=[N+]([O-])c1ccc2c(Br)cccc2c1. The Morgan fingerprint density at radius 2 is 2.00 bits per heavy atom. The van der Waals surface area contributed by atoms with Crippen LogP contribution in [-0.4, -0.2) is 4.92 Å². The molecule has 0 N–H and O–H groups in total. The minimum Gasteiger partial charge on any atom is -0.258 e. The van der Waals surface area contributed by atoms with Gasteiger partial charge >= 0.3 is 0 Å². The Morgan fingerprint density at radius 1 is 1.21 bits per heavy atom. The van der Waals surface area contributed by atoms with E-state index in [2.05, 4.69) is 15.9 Å². The number of nitro benzene ring substituents is 1. The Labute approximate surface area is 88.6 Å². The van der Waals surface area contributed by atoms with Crippen molar-refractivity contribution in [3.63, 3.8) is 0 Å². The summed E-state index contributed by atoms with van der Waals surface area (Å²) in [6.07, 6.45) is 0. The van der Waals surface area contributed by atoms with Crippen LogP contribution in [0.4, 0.5) is 5.69 Å². The van der Waals surface area contributed by atoms with E-state index in [-0.39, 0.29) is 10.6 Å². The van der Waals surface area contributed by atoms with Crippen LogP contribution in [-0.2, 0) is 0 Å². The fourth-order valence-corrected chi connectivity index (χ4v) is 1.86. The smallest absolute Gasteiger partial charge is 0.258 e. The molecule has 2 aromatic rings. The predicted octanol–water partition coefficient (Wildman–Crippen LogP) is 3.51. The van der Waals surface area contributed by atoms with Gasteiger partial charge in [-0.2, -0.15) is 0 Å². The van der Waals surface area contributed by atoms with E-state index in [0.717, 1.165) is 15.2 Å². The van der Waals surface area contributed by atoms with Crippen LogP contribution in [0.3, 0.4) is 0 Å². The zero-order valence-corrected chi connectivity index (χ0v) is 8.69. The lowest BCUT2D eigenvalue weighted by Crippen LogP contribution is -1.87. The van der Waals surface area contributed by atoms with Gasteiger partial charge in [0.05, 0.1) is 4.92 Å². The van der Waals surface area contributed by atoms with Crippen molar-refractivity contribution in [2.75, 3.05) is 0 Å². The van der Waals surface area contributed by atoms with Crippen molar-refractivity contribution in [3.8, 4) is 0 Å². The summed E-state index contributed by atoms with van der Waals surface area (Å²) >= 11 is 3.39. The van der Waals surface area contributed by atoms with E-state index in [1.54, 1.807) is 12.1 Å². The van der Waals surface area contributed by atoms with Crippen LogP contribution in [0, 0.1) is 10.1 Å². The van der Waals surface area contributed by atoms with Gasteiger partial charge in [-0.05, 0) is 22.9 Å². The van der Waals surface area contributed by atoms with E-state index in [4.69, 9.17) is 0 Å². The summed E-state index contributed by atoms with van der Waals surface area (Å²) in [4.78, 5) is 10.1. The monoisotopic (exact) mass is 251 g/mol. The van der Waals surface area contributed by atoms with Crippen LogP contribution in [0.25, 0.3) is 10.8 Å². The number of benzene rings is 2.